The molecule has 2 amide bonds. The third-order valence-corrected chi connectivity index (χ3v) is 13.1. The maximum atomic E-state index is 15.1. The molecule has 1 fully saturated rings. The van der Waals surface area contributed by atoms with Crippen molar-refractivity contribution in [1.82, 2.24) is 10.2 Å². The topological polar surface area (TPSA) is 139 Å². The minimum atomic E-state index is -1.46. The van der Waals surface area contributed by atoms with E-state index in [1.54, 1.807) is 24.3 Å². The standard InChI is InChI=1S/C53H78FN3O8/c1-7-10-11-12-13-14-15-16-17-24-48(60)57(37-38-25-27-40(54)28-26-38)47-36-45(56-65-52(4,5)6)43-34-39(22-18-20-31-58)42(23-19-21-32-59)49-44-35-41(63-51(61)55-9-3)29-30-46(44)64-53(47,50(43)49)62-33-8-2/h8,25-30,34-35,39,42,47,49-50,58-59H,2,7,9-24,31-33,36-37H2,1,3-6H3,(H,55,61)/t39-,42+,47-,49+,50+,53+/m0/s1. The first kappa shape index (κ1) is 51.7. The molecule has 6 atom stereocenters. The van der Waals surface area contributed by atoms with Crippen molar-refractivity contribution in [3.63, 3.8) is 0 Å². The second-order valence-electron chi connectivity index (χ2n) is 19.1. The number of allylic oxidation sites excluding steroid dienone is 1. The van der Waals surface area contributed by atoms with Crippen LogP contribution in [0.25, 0.3) is 0 Å². The number of aliphatic hydroxyl groups is 2. The van der Waals surface area contributed by atoms with E-state index < -0.39 is 29.4 Å². The van der Waals surface area contributed by atoms with E-state index in [-0.39, 0.29) is 62.3 Å². The highest BCUT2D eigenvalue weighted by Crippen LogP contribution is 2.62. The zero-order valence-corrected chi connectivity index (χ0v) is 40.0. The molecule has 2 aromatic carbocycles. The Morgan fingerprint density at radius 2 is 1.62 bits per heavy atom. The smallest absolute Gasteiger partial charge is 0.412 e. The Balaban J connectivity index is 1.71. The van der Waals surface area contributed by atoms with Crippen molar-refractivity contribution < 1.29 is 43.2 Å². The molecule has 1 aliphatic heterocycles. The predicted molar refractivity (Wildman–Crippen MR) is 254 cm³/mol. The van der Waals surface area contributed by atoms with Gasteiger partial charge in [-0.2, -0.15) is 0 Å². The maximum Gasteiger partial charge on any atom is 0.412 e. The number of hydrogen-bond acceptors (Lipinski definition) is 9. The van der Waals surface area contributed by atoms with Gasteiger partial charge in [-0.15, -0.1) is 6.58 Å². The van der Waals surface area contributed by atoms with Crippen LogP contribution in [-0.2, 0) is 20.9 Å². The molecule has 1 saturated carbocycles. The van der Waals surface area contributed by atoms with Crippen molar-refractivity contribution in [3.8, 4) is 11.5 Å². The van der Waals surface area contributed by atoms with Crippen molar-refractivity contribution in [2.75, 3.05) is 26.4 Å². The number of carbonyl (C=O) groups is 2. The molecular formula is C53H78FN3O8. The summed E-state index contributed by atoms with van der Waals surface area (Å²) in [4.78, 5) is 36.1. The summed E-state index contributed by atoms with van der Waals surface area (Å²) < 4.78 is 34.8. The number of halogens is 1. The summed E-state index contributed by atoms with van der Waals surface area (Å²) in [6, 6.07) is 11.0. The number of fused-ring (bicyclic) bond motifs is 2. The zero-order chi connectivity index (χ0) is 46.8. The van der Waals surface area contributed by atoms with E-state index in [1.165, 1.54) is 44.2 Å². The Morgan fingerprint density at radius 3 is 2.26 bits per heavy atom. The quantitative estimate of drug-likeness (QED) is 0.0458. The molecule has 1 heterocycles. The van der Waals surface area contributed by atoms with Gasteiger partial charge >= 0.3 is 6.09 Å². The first-order chi connectivity index (χ1) is 31.4. The lowest BCUT2D eigenvalue weighted by Gasteiger charge is -2.60. The number of benzene rings is 2. The molecule has 0 bridgehead atoms. The van der Waals surface area contributed by atoms with Crippen LogP contribution in [0, 0.1) is 23.6 Å². The molecule has 5 rings (SSSR count). The Morgan fingerprint density at radius 1 is 0.938 bits per heavy atom. The molecule has 0 aromatic heterocycles. The fraction of sp³-hybridized carbons (Fsp3) is 0.642. The monoisotopic (exact) mass is 904 g/mol. The second kappa shape index (κ2) is 25.6. The number of amides is 2. The van der Waals surface area contributed by atoms with Gasteiger partial charge in [0, 0.05) is 50.6 Å². The molecule has 11 nitrogen and oxygen atoms in total. The molecule has 360 valence electrons. The predicted octanol–water partition coefficient (Wildman–Crippen LogP) is 11.3. The summed E-state index contributed by atoms with van der Waals surface area (Å²) in [5, 5.41) is 27.6. The van der Waals surface area contributed by atoms with Crippen LogP contribution in [0.2, 0.25) is 0 Å². The van der Waals surface area contributed by atoms with Gasteiger partial charge in [0.15, 0.2) is 0 Å². The van der Waals surface area contributed by atoms with Crippen LogP contribution in [0.5, 0.6) is 11.5 Å². The molecule has 0 saturated heterocycles. The summed E-state index contributed by atoms with van der Waals surface area (Å²) in [7, 11) is 0. The minimum absolute atomic E-state index is 0.00479. The largest absolute Gasteiger partial charge is 0.459 e. The summed E-state index contributed by atoms with van der Waals surface area (Å²) in [6.07, 6.45) is 18.5. The number of hydrogen-bond donors (Lipinski definition) is 3. The Bertz CT molecular complexity index is 1880. The van der Waals surface area contributed by atoms with Gasteiger partial charge in [0.05, 0.1) is 18.2 Å². The van der Waals surface area contributed by atoms with E-state index in [0.717, 1.165) is 68.1 Å². The van der Waals surface area contributed by atoms with Gasteiger partial charge in [0.25, 0.3) is 0 Å². The Labute approximate surface area is 388 Å². The van der Waals surface area contributed by atoms with Crippen molar-refractivity contribution in [2.24, 2.45) is 22.9 Å². The van der Waals surface area contributed by atoms with Crippen molar-refractivity contribution in [2.45, 2.75) is 174 Å². The molecule has 65 heavy (non-hydrogen) atoms. The van der Waals surface area contributed by atoms with Crippen molar-refractivity contribution in [3.05, 3.63) is 83.7 Å². The lowest BCUT2D eigenvalue weighted by molar-refractivity contribution is -0.258. The van der Waals surface area contributed by atoms with Gasteiger partial charge in [-0.05, 0) is 113 Å². The first-order valence-electron chi connectivity index (χ1n) is 24.7. The highest BCUT2D eigenvalue weighted by atomic mass is 19.1. The van der Waals surface area contributed by atoms with E-state index in [0.29, 0.717) is 43.0 Å². The van der Waals surface area contributed by atoms with Crippen LogP contribution in [0.3, 0.4) is 0 Å². The van der Waals surface area contributed by atoms with Crippen LogP contribution in [0.4, 0.5) is 9.18 Å². The average molecular weight is 904 g/mol. The molecule has 3 aliphatic rings. The van der Waals surface area contributed by atoms with Gasteiger partial charge in [-0.3, -0.25) is 4.79 Å². The molecule has 12 heteroatoms. The maximum absolute atomic E-state index is 15.1. The number of nitrogens with zero attached hydrogens (tertiary/aromatic N) is 2. The van der Waals surface area contributed by atoms with Gasteiger partial charge in [-0.1, -0.05) is 101 Å². The van der Waals surface area contributed by atoms with Gasteiger partial charge in [0.2, 0.25) is 11.7 Å². The summed E-state index contributed by atoms with van der Waals surface area (Å²) in [5.74, 6) is -1.73. The summed E-state index contributed by atoms with van der Waals surface area (Å²) in [6.45, 7) is 14.8. The van der Waals surface area contributed by atoms with Gasteiger partial charge < -0.3 is 39.5 Å². The number of carbonyl (C=O) groups excluding carboxylic acids is 2. The molecule has 0 radical (unpaired) electrons. The molecule has 3 N–H and O–H groups in total. The highest BCUT2D eigenvalue weighted by molar-refractivity contribution is 6.03. The molecule has 0 spiro atoms. The highest BCUT2D eigenvalue weighted by Gasteiger charge is 2.65. The zero-order valence-electron chi connectivity index (χ0n) is 40.0. The average Bonchev–Trinajstić information content (AvgIpc) is 3.28. The molecular weight excluding hydrogens is 826 g/mol. The van der Waals surface area contributed by atoms with E-state index in [4.69, 9.17) is 24.2 Å². The van der Waals surface area contributed by atoms with E-state index in [2.05, 4.69) is 24.9 Å². The Hall–Kier alpha value is -4.26. The van der Waals surface area contributed by atoms with Gasteiger partial charge in [-0.25, -0.2) is 9.18 Å². The number of unbranched alkanes of at least 4 members (excludes halogenated alkanes) is 10. The van der Waals surface area contributed by atoms with E-state index >= 15 is 4.79 Å². The lowest BCUT2D eigenvalue weighted by Crippen LogP contribution is -2.70. The normalized spacial score (nSPS) is 22.9. The fourth-order valence-corrected chi connectivity index (χ4v) is 10.1. The molecule has 0 unspecified atom stereocenters. The van der Waals surface area contributed by atoms with Crippen molar-refractivity contribution >= 4 is 17.7 Å². The third kappa shape index (κ3) is 14.1. The lowest BCUT2D eigenvalue weighted by atomic mass is 9.55. The van der Waals surface area contributed by atoms with Crippen LogP contribution < -0.4 is 14.8 Å². The van der Waals surface area contributed by atoms with Crippen molar-refractivity contribution in [1.29, 1.82) is 0 Å². The number of rotatable bonds is 27. The van der Waals surface area contributed by atoms with Crippen LogP contribution in [0.1, 0.15) is 161 Å². The summed E-state index contributed by atoms with van der Waals surface area (Å²) >= 11 is 0. The van der Waals surface area contributed by atoms with E-state index in [9.17, 15) is 19.4 Å². The van der Waals surface area contributed by atoms with Crippen LogP contribution >= 0.6 is 0 Å². The number of nitrogens with one attached hydrogen (secondary N) is 1. The molecule has 2 aliphatic carbocycles. The van der Waals surface area contributed by atoms with E-state index in [1.807, 2.05) is 44.7 Å². The second-order valence-corrected chi connectivity index (χ2v) is 19.1. The number of oxime groups is 1. The fourth-order valence-electron chi connectivity index (χ4n) is 10.1. The number of ether oxygens (including phenoxy) is 3. The minimum Gasteiger partial charge on any atom is -0.459 e. The van der Waals surface area contributed by atoms with Gasteiger partial charge in [0.1, 0.15) is 29.0 Å². The third-order valence-electron chi connectivity index (χ3n) is 13.1. The number of aliphatic hydroxyl groups excluding tert-OH is 2. The Kier molecular flexibility index (Phi) is 20.4. The molecule has 2 aromatic rings. The first-order valence-corrected chi connectivity index (χ1v) is 24.7. The van der Waals surface area contributed by atoms with Crippen LogP contribution in [-0.4, -0.2) is 76.6 Å². The van der Waals surface area contributed by atoms with Crippen LogP contribution in [0.15, 0.2) is 71.9 Å². The SMILES string of the molecule is C=CCO[C@@]12Oc3ccc(OC(=O)NCC)cc3[C@H]3[C@H](CCCCO)[C@@H](CCCCO)C=C(C(=NOC(C)(C)C)C[C@@H]1N(Cc1ccc(F)cc1)C(=O)CCCCCCCCCCC)[C@H]32. The summed E-state index contributed by atoms with van der Waals surface area (Å²) in [5.41, 5.74) is 2.61.